The van der Waals surface area contributed by atoms with Gasteiger partial charge in [0.2, 0.25) is 5.91 Å². The largest absolute Gasteiger partial charge is 0.366 e. The highest BCUT2D eigenvalue weighted by atomic mass is 16.1. The molecule has 0 rings (SSSR count). The van der Waals surface area contributed by atoms with Crippen molar-refractivity contribution in [1.29, 1.82) is 0 Å². The summed E-state index contributed by atoms with van der Waals surface area (Å²) in [6.07, 6.45) is 0. The van der Waals surface area contributed by atoms with Gasteiger partial charge in [-0.1, -0.05) is 27.4 Å². The molecule has 0 saturated carbocycles. The molecule has 0 fully saturated rings. The van der Waals surface area contributed by atoms with Gasteiger partial charge in [-0.25, -0.2) is 0 Å². The fraction of sp³-hybridized carbons (Fsp3) is 0.571. The van der Waals surface area contributed by atoms with Crippen molar-refractivity contribution in [2.24, 2.45) is 11.1 Å². The lowest BCUT2D eigenvalue weighted by molar-refractivity contribution is -0.115. The lowest BCUT2D eigenvalue weighted by Gasteiger charge is -2.17. The summed E-state index contributed by atoms with van der Waals surface area (Å²) in [6, 6.07) is 0. The van der Waals surface area contributed by atoms with Crippen molar-refractivity contribution < 1.29 is 4.79 Å². The van der Waals surface area contributed by atoms with E-state index in [0.717, 1.165) is 0 Å². The number of hydrogen-bond acceptors (Lipinski definition) is 2. The van der Waals surface area contributed by atoms with Crippen LogP contribution in [0.5, 0.6) is 0 Å². The van der Waals surface area contributed by atoms with Crippen LogP contribution in [-0.2, 0) is 4.79 Å². The molecule has 0 bridgehead atoms. The molecule has 0 atom stereocenters. The predicted octanol–water partition coefficient (Wildman–Crippen LogP) is 1.24. The van der Waals surface area contributed by atoms with E-state index >= 15 is 0 Å². The van der Waals surface area contributed by atoms with E-state index in [-0.39, 0.29) is 11.6 Å². The van der Waals surface area contributed by atoms with Gasteiger partial charge >= 0.3 is 0 Å². The van der Waals surface area contributed by atoms with Crippen molar-refractivity contribution in [3.8, 4) is 0 Å². The van der Waals surface area contributed by atoms with E-state index in [1.807, 2.05) is 20.8 Å². The highest BCUT2D eigenvalue weighted by Gasteiger charge is 2.18. The quantitative estimate of drug-likeness (QED) is 0.543. The molecule has 0 saturated heterocycles. The minimum absolute atomic E-state index is 0. The number of primary amides is 1. The maximum atomic E-state index is 10.5. The fourth-order valence-electron chi connectivity index (χ4n) is 0.370. The third-order valence-electron chi connectivity index (χ3n) is 1.20. The van der Waals surface area contributed by atoms with Crippen LogP contribution in [0.1, 0.15) is 20.8 Å². The Morgan fingerprint density at radius 1 is 1.40 bits per heavy atom. The zero-order valence-corrected chi connectivity index (χ0v) is 6.90. The van der Waals surface area contributed by atoms with E-state index in [4.69, 9.17) is 5.73 Å². The van der Waals surface area contributed by atoms with E-state index < -0.39 is 5.91 Å². The molecular weight excluding hydrogens is 128 g/mol. The van der Waals surface area contributed by atoms with E-state index in [2.05, 4.69) is 6.58 Å². The summed E-state index contributed by atoms with van der Waals surface area (Å²) in [5.74, 6) is -0.414. The Morgan fingerprint density at radius 3 is 1.70 bits per heavy atom. The first-order chi connectivity index (χ1) is 3.85. The van der Waals surface area contributed by atoms with Crippen LogP contribution < -0.4 is 11.9 Å². The summed E-state index contributed by atoms with van der Waals surface area (Å²) in [7, 11) is 0. The molecule has 3 nitrogen and oxygen atoms in total. The maximum absolute atomic E-state index is 10.5. The molecule has 0 aromatic carbocycles. The zero-order valence-electron chi connectivity index (χ0n) is 6.90. The van der Waals surface area contributed by atoms with Gasteiger partial charge < -0.3 is 11.9 Å². The summed E-state index contributed by atoms with van der Waals surface area (Å²) in [6.45, 7) is 9.26. The molecule has 10 heavy (non-hydrogen) atoms. The zero-order chi connectivity index (χ0) is 7.65. The van der Waals surface area contributed by atoms with Crippen molar-refractivity contribution in [1.82, 2.24) is 6.15 Å². The van der Waals surface area contributed by atoms with Crippen molar-refractivity contribution in [2.45, 2.75) is 20.8 Å². The summed E-state index contributed by atoms with van der Waals surface area (Å²) in [4.78, 5) is 10.5. The molecule has 60 valence electrons. The third-order valence-corrected chi connectivity index (χ3v) is 1.20. The molecule has 0 radical (unpaired) electrons. The Labute approximate surface area is 61.9 Å². The summed E-state index contributed by atoms with van der Waals surface area (Å²) in [5, 5.41) is 0. The molecule has 0 aromatic heterocycles. The van der Waals surface area contributed by atoms with Gasteiger partial charge in [0.05, 0.1) is 0 Å². The van der Waals surface area contributed by atoms with Crippen LogP contribution in [0, 0.1) is 5.41 Å². The van der Waals surface area contributed by atoms with Gasteiger partial charge in [-0.05, 0) is 5.41 Å². The van der Waals surface area contributed by atoms with Gasteiger partial charge in [0, 0.05) is 5.57 Å². The molecule has 3 heteroatoms. The number of nitrogens with two attached hydrogens (primary N) is 1. The lowest BCUT2D eigenvalue weighted by Crippen LogP contribution is -2.23. The van der Waals surface area contributed by atoms with Gasteiger partial charge in [0.25, 0.3) is 0 Å². The molecule has 0 aliphatic carbocycles. The minimum atomic E-state index is -0.414. The Balaban J connectivity index is 0. The summed E-state index contributed by atoms with van der Waals surface area (Å²) in [5.41, 5.74) is 5.27. The number of carbonyl (C=O) groups excluding carboxylic acids is 1. The average Bonchev–Trinajstić information content (AvgIpc) is 1.62. The van der Waals surface area contributed by atoms with Crippen LogP contribution in [0.4, 0.5) is 0 Å². The van der Waals surface area contributed by atoms with Crippen LogP contribution in [0.15, 0.2) is 12.2 Å². The Bertz CT molecular complexity index is 144. The second kappa shape index (κ2) is 3.37. The lowest BCUT2D eigenvalue weighted by atomic mass is 9.87. The van der Waals surface area contributed by atoms with Gasteiger partial charge in [-0.15, -0.1) is 0 Å². The monoisotopic (exact) mass is 144 g/mol. The Kier molecular flexibility index (Phi) is 4.01. The predicted molar refractivity (Wildman–Crippen MR) is 42.8 cm³/mol. The van der Waals surface area contributed by atoms with Gasteiger partial charge in [0.15, 0.2) is 0 Å². The smallest absolute Gasteiger partial charge is 0.244 e. The van der Waals surface area contributed by atoms with E-state index in [1.54, 1.807) is 0 Å². The van der Waals surface area contributed by atoms with Gasteiger partial charge in [-0.3, -0.25) is 4.79 Å². The van der Waals surface area contributed by atoms with Gasteiger partial charge in [-0.2, -0.15) is 0 Å². The standard InChI is InChI=1S/C7H13NO.H3N/c1-5(6(8)9)7(2,3)4;/h1H2,2-4H3,(H2,8,9);1H3. The van der Waals surface area contributed by atoms with E-state index in [0.29, 0.717) is 5.57 Å². The number of amides is 1. The van der Waals surface area contributed by atoms with Crippen molar-refractivity contribution in [3.05, 3.63) is 12.2 Å². The van der Waals surface area contributed by atoms with Crippen molar-refractivity contribution >= 4 is 5.91 Å². The number of hydrogen-bond donors (Lipinski definition) is 2. The molecule has 0 unspecified atom stereocenters. The fourth-order valence-corrected chi connectivity index (χ4v) is 0.370. The molecule has 5 N–H and O–H groups in total. The molecular formula is C7H16N2O. The average molecular weight is 144 g/mol. The first-order valence-electron chi connectivity index (χ1n) is 2.85. The highest BCUT2D eigenvalue weighted by molar-refractivity contribution is 5.92. The van der Waals surface area contributed by atoms with E-state index in [9.17, 15) is 4.79 Å². The second-order valence-corrected chi connectivity index (χ2v) is 3.09. The highest BCUT2D eigenvalue weighted by Crippen LogP contribution is 2.22. The third kappa shape index (κ3) is 3.25. The SMILES string of the molecule is C=C(C(N)=O)C(C)(C)C.N. The summed E-state index contributed by atoms with van der Waals surface area (Å²) < 4.78 is 0. The van der Waals surface area contributed by atoms with Crippen LogP contribution >= 0.6 is 0 Å². The second-order valence-electron chi connectivity index (χ2n) is 3.09. The van der Waals surface area contributed by atoms with E-state index in [1.165, 1.54) is 0 Å². The number of rotatable bonds is 1. The molecule has 0 aliphatic heterocycles. The molecule has 0 heterocycles. The Morgan fingerprint density at radius 2 is 1.70 bits per heavy atom. The number of carbonyl (C=O) groups is 1. The van der Waals surface area contributed by atoms with Gasteiger partial charge in [0.1, 0.15) is 0 Å². The Hall–Kier alpha value is -0.830. The molecule has 0 spiro atoms. The first kappa shape index (κ1) is 11.9. The molecule has 0 aromatic rings. The topological polar surface area (TPSA) is 78.1 Å². The van der Waals surface area contributed by atoms with Crippen molar-refractivity contribution in [3.63, 3.8) is 0 Å². The normalized spacial score (nSPS) is 9.90. The van der Waals surface area contributed by atoms with Crippen molar-refractivity contribution in [2.75, 3.05) is 0 Å². The van der Waals surface area contributed by atoms with Crippen LogP contribution in [0.3, 0.4) is 0 Å². The minimum Gasteiger partial charge on any atom is -0.366 e. The molecule has 1 amide bonds. The van der Waals surface area contributed by atoms with Crippen LogP contribution in [0.25, 0.3) is 0 Å². The summed E-state index contributed by atoms with van der Waals surface area (Å²) >= 11 is 0. The molecule has 0 aliphatic rings. The maximum Gasteiger partial charge on any atom is 0.244 e. The van der Waals surface area contributed by atoms with Crippen LogP contribution in [0.2, 0.25) is 0 Å². The van der Waals surface area contributed by atoms with Crippen LogP contribution in [-0.4, -0.2) is 5.91 Å². The first-order valence-corrected chi connectivity index (χ1v) is 2.85.